The van der Waals surface area contributed by atoms with Crippen LogP contribution in [0.2, 0.25) is 0 Å². The van der Waals surface area contributed by atoms with Crippen molar-refractivity contribution in [2.45, 2.75) is 38.9 Å². The standard InChI is InChI=1S/C23H30N6O2S/c1-4-13-32-23-26-20(28-9-11-31-12-10-28)19-15-25-29(21(19)27-23)8-7-24-22(30)18-6-5-16(2)17(3)14-18/h5-6,14-15H,4,7-13H2,1-3H3,(H,24,30). The highest BCUT2D eigenvalue weighted by Gasteiger charge is 2.20. The SMILES string of the molecule is CCCSc1nc(N2CCOCC2)c2cnn(CCNC(=O)c3ccc(C)c(C)c3)c2n1. The number of rotatable bonds is 8. The number of hydrogen-bond acceptors (Lipinski definition) is 7. The molecule has 4 rings (SSSR count). The first-order chi connectivity index (χ1) is 15.6. The largest absolute Gasteiger partial charge is 0.378 e. The molecule has 1 aliphatic heterocycles. The molecule has 9 heteroatoms. The van der Waals surface area contributed by atoms with Gasteiger partial charge in [-0.05, 0) is 43.5 Å². The summed E-state index contributed by atoms with van der Waals surface area (Å²) in [5.41, 5.74) is 3.77. The van der Waals surface area contributed by atoms with Gasteiger partial charge in [0.25, 0.3) is 5.91 Å². The van der Waals surface area contributed by atoms with Crippen molar-refractivity contribution in [3.63, 3.8) is 0 Å². The first-order valence-electron chi connectivity index (χ1n) is 11.1. The molecule has 0 unspecified atom stereocenters. The van der Waals surface area contributed by atoms with Gasteiger partial charge < -0.3 is 15.0 Å². The number of morpholine rings is 1. The second kappa shape index (κ2) is 10.3. The normalized spacial score (nSPS) is 14.2. The molecule has 1 saturated heterocycles. The first-order valence-corrected chi connectivity index (χ1v) is 12.1. The van der Waals surface area contributed by atoms with Crippen LogP contribution in [0, 0.1) is 13.8 Å². The van der Waals surface area contributed by atoms with Crippen LogP contribution in [0.5, 0.6) is 0 Å². The molecule has 170 valence electrons. The van der Waals surface area contributed by atoms with Crippen molar-refractivity contribution in [2.75, 3.05) is 43.5 Å². The molecule has 1 fully saturated rings. The summed E-state index contributed by atoms with van der Waals surface area (Å²) >= 11 is 1.66. The number of benzene rings is 1. The van der Waals surface area contributed by atoms with Gasteiger partial charge in [-0.25, -0.2) is 14.6 Å². The molecule has 1 aliphatic rings. The van der Waals surface area contributed by atoms with Crippen LogP contribution in [0.15, 0.2) is 29.6 Å². The maximum atomic E-state index is 12.5. The third-order valence-corrected chi connectivity index (χ3v) is 6.63. The number of nitrogens with zero attached hydrogens (tertiary/aromatic N) is 5. The number of aromatic nitrogens is 4. The van der Waals surface area contributed by atoms with E-state index in [1.54, 1.807) is 11.8 Å². The number of carbonyl (C=O) groups excluding carboxylic acids is 1. The maximum Gasteiger partial charge on any atom is 0.251 e. The minimum atomic E-state index is -0.0765. The number of amides is 1. The number of ether oxygens (including phenoxy) is 1. The number of carbonyl (C=O) groups is 1. The quantitative estimate of drug-likeness (QED) is 0.413. The Labute approximate surface area is 192 Å². The smallest absolute Gasteiger partial charge is 0.251 e. The van der Waals surface area contributed by atoms with Gasteiger partial charge in [0.05, 0.1) is 31.3 Å². The van der Waals surface area contributed by atoms with E-state index < -0.39 is 0 Å². The molecule has 32 heavy (non-hydrogen) atoms. The summed E-state index contributed by atoms with van der Waals surface area (Å²) in [7, 11) is 0. The van der Waals surface area contributed by atoms with Crippen LogP contribution in [0.1, 0.15) is 34.8 Å². The van der Waals surface area contributed by atoms with Crippen molar-refractivity contribution in [1.82, 2.24) is 25.1 Å². The van der Waals surface area contributed by atoms with Crippen LogP contribution in [0.25, 0.3) is 11.0 Å². The van der Waals surface area contributed by atoms with Crippen LogP contribution in [0.4, 0.5) is 5.82 Å². The lowest BCUT2D eigenvalue weighted by Crippen LogP contribution is -2.37. The Balaban J connectivity index is 1.51. The Morgan fingerprint density at radius 1 is 1.19 bits per heavy atom. The minimum absolute atomic E-state index is 0.0765. The molecule has 0 bridgehead atoms. The molecule has 0 saturated carbocycles. The van der Waals surface area contributed by atoms with Crippen LogP contribution in [-0.2, 0) is 11.3 Å². The van der Waals surface area contributed by atoms with Crippen LogP contribution in [0.3, 0.4) is 0 Å². The van der Waals surface area contributed by atoms with E-state index in [0.717, 1.165) is 52.8 Å². The first kappa shape index (κ1) is 22.5. The maximum absolute atomic E-state index is 12.5. The van der Waals surface area contributed by atoms with Gasteiger partial charge in [0, 0.05) is 31.0 Å². The van der Waals surface area contributed by atoms with E-state index in [0.29, 0.717) is 31.9 Å². The molecule has 1 amide bonds. The van der Waals surface area contributed by atoms with Crippen molar-refractivity contribution in [3.05, 3.63) is 41.1 Å². The fourth-order valence-electron chi connectivity index (χ4n) is 3.62. The predicted octanol–water partition coefficient (Wildman–Crippen LogP) is 3.21. The zero-order valence-electron chi connectivity index (χ0n) is 18.9. The fourth-order valence-corrected chi connectivity index (χ4v) is 4.31. The van der Waals surface area contributed by atoms with Crippen LogP contribution in [-0.4, -0.2) is 64.3 Å². The van der Waals surface area contributed by atoms with Gasteiger partial charge >= 0.3 is 0 Å². The molecule has 0 radical (unpaired) electrons. The summed E-state index contributed by atoms with van der Waals surface area (Å²) in [4.78, 5) is 24.4. The lowest BCUT2D eigenvalue weighted by molar-refractivity contribution is 0.0952. The number of nitrogens with one attached hydrogen (secondary N) is 1. The number of hydrogen-bond donors (Lipinski definition) is 1. The molecule has 0 spiro atoms. The van der Waals surface area contributed by atoms with Crippen molar-refractivity contribution < 1.29 is 9.53 Å². The lowest BCUT2D eigenvalue weighted by Gasteiger charge is -2.28. The number of aryl methyl sites for hydroxylation is 2. The van der Waals surface area contributed by atoms with Crippen LogP contribution < -0.4 is 10.2 Å². The minimum Gasteiger partial charge on any atom is -0.378 e. The predicted molar refractivity (Wildman–Crippen MR) is 128 cm³/mol. The van der Waals surface area contributed by atoms with Gasteiger partial charge in [-0.1, -0.05) is 24.8 Å². The van der Waals surface area contributed by atoms with Crippen LogP contribution >= 0.6 is 11.8 Å². The highest BCUT2D eigenvalue weighted by molar-refractivity contribution is 7.99. The van der Waals surface area contributed by atoms with E-state index in [1.807, 2.05) is 42.9 Å². The van der Waals surface area contributed by atoms with Gasteiger partial charge in [-0.15, -0.1) is 0 Å². The molecular formula is C23H30N6O2S. The number of thioether (sulfide) groups is 1. The van der Waals surface area contributed by atoms with E-state index in [9.17, 15) is 4.79 Å². The van der Waals surface area contributed by atoms with Crippen molar-refractivity contribution >= 4 is 34.5 Å². The average molecular weight is 455 g/mol. The van der Waals surface area contributed by atoms with E-state index in [2.05, 4.69) is 22.2 Å². The topological polar surface area (TPSA) is 85.2 Å². The summed E-state index contributed by atoms with van der Waals surface area (Å²) in [5.74, 6) is 1.81. The summed E-state index contributed by atoms with van der Waals surface area (Å²) < 4.78 is 7.37. The molecule has 0 aliphatic carbocycles. The molecule has 0 atom stereocenters. The van der Waals surface area contributed by atoms with Gasteiger partial charge in [0.15, 0.2) is 10.8 Å². The van der Waals surface area contributed by atoms with E-state index in [4.69, 9.17) is 14.7 Å². The Kier molecular flexibility index (Phi) is 7.26. The lowest BCUT2D eigenvalue weighted by atomic mass is 10.1. The average Bonchev–Trinajstić information content (AvgIpc) is 3.22. The van der Waals surface area contributed by atoms with E-state index in [-0.39, 0.29) is 5.91 Å². The Morgan fingerprint density at radius 2 is 2.00 bits per heavy atom. The van der Waals surface area contributed by atoms with Crippen molar-refractivity contribution in [3.8, 4) is 0 Å². The zero-order chi connectivity index (χ0) is 22.5. The second-order valence-electron chi connectivity index (χ2n) is 7.94. The van der Waals surface area contributed by atoms with Gasteiger partial charge in [-0.3, -0.25) is 4.79 Å². The van der Waals surface area contributed by atoms with Gasteiger partial charge in [0.1, 0.15) is 5.82 Å². The van der Waals surface area contributed by atoms with Crippen molar-refractivity contribution in [2.24, 2.45) is 0 Å². The Bertz CT molecular complexity index is 1090. The molecule has 8 nitrogen and oxygen atoms in total. The van der Waals surface area contributed by atoms with Gasteiger partial charge in [-0.2, -0.15) is 5.10 Å². The van der Waals surface area contributed by atoms with E-state index >= 15 is 0 Å². The second-order valence-corrected chi connectivity index (χ2v) is 9.00. The zero-order valence-corrected chi connectivity index (χ0v) is 19.7. The number of anilines is 1. The molecule has 3 heterocycles. The fraction of sp³-hybridized carbons (Fsp3) is 0.478. The molecule has 3 aromatic rings. The number of fused-ring (bicyclic) bond motifs is 1. The Morgan fingerprint density at radius 3 is 2.75 bits per heavy atom. The summed E-state index contributed by atoms with van der Waals surface area (Å²) in [6, 6.07) is 5.76. The highest BCUT2D eigenvalue weighted by atomic mass is 32.2. The third kappa shape index (κ3) is 5.05. The molecular weight excluding hydrogens is 424 g/mol. The van der Waals surface area contributed by atoms with Crippen molar-refractivity contribution in [1.29, 1.82) is 0 Å². The highest BCUT2D eigenvalue weighted by Crippen LogP contribution is 2.28. The molecule has 1 N–H and O–H groups in total. The third-order valence-electron chi connectivity index (χ3n) is 5.58. The summed E-state index contributed by atoms with van der Waals surface area (Å²) in [5, 5.41) is 9.27. The summed E-state index contributed by atoms with van der Waals surface area (Å²) in [6.45, 7) is 10.2. The van der Waals surface area contributed by atoms with Gasteiger partial charge in [0.2, 0.25) is 0 Å². The summed E-state index contributed by atoms with van der Waals surface area (Å²) in [6.07, 6.45) is 2.89. The monoisotopic (exact) mass is 454 g/mol. The molecule has 2 aromatic heterocycles. The molecule has 1 aromatic carbocycles. The Hall–Kier alpha value is -2.65. The van der Waals surface area contributed by atoms with E-state index in [1.165, 1.54) is 5.56 Å².